The van der Waals surface area contributed by atoms with E-state index in [1.807, 2.05) is 0 Å². The van der Waals surface area contributed by atoms with Crippen LogP contribution >= 0.6 is 0 Å². The number of likely N-dealkylation sites (N-methyl/N-ethyl adjacent to an activating group) is 1. The molecule has 1 aromatic rings. The summed E-state index contributed by atoms with van der Waals surface area (Å²) in [5.74, 6) is 0.232. The first-order chi connectivity index (χ1) is 12.1. The van der Waals surface area contributed by atoms with Gasteiger partial charge in [-0.2, -0.15) is 0 Å². The van der Waals surface area contributed by atoms with Gasteiger partial charge in [-0.1, -0.05) is 43.7 Å². The molecular weight excluding hydrogens is 310 g/mol. The summed E-state index contributed by atoms with van der Waals surface area (Å²) in [4.78, 5) is 17.6. The summed E-state index contributed by atoms with van der Waals surface area (Å²) in [5, 5.41) is 3.34. The van der Waals surface area contributed by atoms with Crippen molar-refractivity contribution in [1.29, 1.82) is 0 Å². The van der Waals surface area contributed by atoms with Crippen molar-refractivity contribution in [3.63, 3.8) is 0 Å². The number of nitrogens with one attached hydrogen (secondary N) is 1. The van der Waals surface area contributed by atoms with Crippen LogP contribution in [0, 0.1) is 0 Å². The minimum absolute atomic E-state index is 0.0674. The van der Waals surface area contributed by atoms with E-state index < -0.39 is 0 Å². The molecule has 0 spiro atoms. The van der Waals surface area contributed by atoms with E-state index in [2.05, 4.69) is 59.4 Å². The van der Waals surface area contributed by atoms with Crippen LogP contribution in [0.3, 0.4) is 0 Å². The molecule has 1 aromatic carbocycles. The Kier molecular flexibility index (Phi) is 6.13. The summed E-state index contributed by atoms with van der Waals surface area (Å²) in [5.41, 5.74) is 1.45. The number of amides is 1. The normalized spacial score (nSPS) is 24.8. The number of nitrogens with zero attached hydrogens (tertiary/aromatic N) is 2. The van der Waals surface area contributed by atoms with Gasteiger partial charge in [0.05, 0.1) is 6.04 Å². The van der Waals surface area contributed by atoms with Gasteiger partial charge >= 0.3 is 0 Å². The van der Waals surface area contributed by atoms with Gasteiger partial charge in [-0.05, 0) is 64.5 Å². The van der Waals surface area contributed by atoms with Gasteiger partial charge in [0, 0.05) is 12.0 Å². The zero-order valence-electron chi connectivity index (χ0n) is 15.8. The van der Waals surface area contributed by atoms with Gasteiger partial charge in [0.2, 0.25) is 5.91 Å². The lowest BCUT2D eigenvalue weighted by atomic mass is 9.72. The molecule has 1 N–H and O–H groups in total. The van der Waals surface area contributed by atoms with Gasteiger partial charge in [-0.15, -0.1) is 0 Å². The zero-order valence-corrected chi connectivity index (χ0v) is 15.8. The van der Waals surface area contributed by atoms with Crippen molar-refractivity contribution < 1.29 is 4.79 Å². The molecule has 25 heavy (non-hydrogen) atoms. The fourth-order valence-corrected chi connectivity index (χ4v) is 4.45. The molecule has 138 valence electrons. The highest BCUT2D eigenvalue weighted by Gasteiger charge is 2.37. The van der Waals surface area contributed by atoms with Crippen molar-refractivity contribution in [3.05, 3.63) is 35.9 Å². The lowest BCUT2D eigenvalue weighted by Crippen LogP contribution is -2.53. The van der Waals surface area contributed by atoms with E-state index in [1.54, 1.807) is 0 Å². The van der Waals surface area contributed by atoms with Gasteiger partial charge in [0.1, 0.15) is 0 Å². The third-order valence-electron chi connectivity index (χ3n) is 6.25. The second-order valence-corrected chi connectivity index (χ2v) is 7.81. The highest BCUT2D eigenvalue weighted by atomic mass is 16.2. The highest BCUT2D eigenvalue weighted by Crippen LogP contribution is 2.34. The molecule has 0 bridgehead atoms. The Balaban J connectivity index is 1.69. The largest absolute Gasteiger partial charge is 0.354 e. The molecule has 2 heterocycles. The molecule has 0 aromatic heterocycles. The Morgan fingerprint density at radius 1 is 1.16 bits per heavy atom. The van der Waals surface area contributed by atoms with E-state index in [0.29, 0.717) is 0 Å². The predicted molar refractivity (Wildman–Crippen MR) is 103 cm³/mol. The summed E-state index contributed by atoms with van der Waals surface area (Å²) in [7, 11) is 2.19. The van der Waals surface area contributed by atoms with Crippen LogP contribution in [0.25, 0.3) is 0 Å². The molecule has 2 aliphatic heterocycles. The van der Waals surface area contributed by atoms with E-state index in [9.17, 15) is 4.79 Å². The summed E-state index contributed by atoms with van der Waals surface area (Å²) < 4.78 is 0. The van der Waals surface area contributed by atoms with Crippen molar-refractivity contribution in [3.8, 4) is 0 Å². The number of hydrogen-bond acceptors (Lipinski definition) is 3. The number of hydrogen-bond donors (Lipinski definition) is 1. The Hall–Kier alpha value is -1.39. The molecule has 0 unspecified atom stereocenters. The number of carbonyl (C=O) groups excluding carboxylic acids is 1. The first-order valence-electron chi connectivity index (χ1n) is 9.90. The molecule has 1 atom stereocenters. The number of rotatable bonds is 5. The number of likely N-dealkylation sites (tertiary alicyclic amines) is 2. The molecule has 2 aliphatic rings. The maximum absolute atomic E-state index is 12.9. The van der Waals surface area contributed by atoms with Gasteiger partial charge in [0.15, 0.2) is 0 Å². The summed E-state index contributed by atoms with van der Waals surface area (Å²) in [6.45, 7) is 7.13. The van der Waals surface area contributed by atoms with Crippen molar-refractivity contribution >= 4 is 5.91 Å². The molecule has 1 amide bonds. The fraction of sp³-hybridized carbons (Fsp3) is 0.667. The minimum atomic E-state index is 0.0674. The van der Waals surface area contributed by atoms with Crippen molar-refractivity contribution in [2.45, 2.75) is 50.5 Å². The third-order valence-corrected chi connectivity index (χ3v) is 6.25. The van der Waals surface area contributed by atoms with Gasteiger partial charge in [-0.3, -0.25) is 9.69 Å². The molecule has 0 radical (unpaired) electrons. The van der Waals surface area contributed by atoms with Gasteiger partial charge < -0.3 is 10.2 Å². The van der Waals surface area contributed by atoms with Crippen molar-refractivity contribution in [1.82, 2.24) is 15.1 Å². The molecule has 2 fully saturated rings. The van der Waals surface area contributed by atoms with Crippen LogP contribution in [-0.2, 0) is 10.2 Å². The number of carbonyl (C=O) groups is 1. The fourth-order valence-electron chi connectivity index (χ4n) is 4.45. The van der Waals surface area contributed by atoms with E-state index >= 15 is 0 Å². The number of benzene rings is 1. The average molecular weight is 344 g/mol. The molecular formula is C21H33N3O. The van der Waals surface area contributed by atoms with Gasteiger partial charge in [-0.25, -0.2) is 0 Å². The van der Waals surface area contributed by atoms with E-state index in [4.69, 9.17) is 0 Å². The summed E-state index contributed by atoms with van der Waals surface area (Å²) in [6.07, 6.45) is 5.60. The Morgan fingerprint density at radius 2 is 1.88 bits per heavy atom. The SMILES string of the molecule is CCN1CCCC[C@H]1C(=O)NCC1(c2ccccc2)CCN(C)CC1. The summed E-state index contributed by atoms with van der Waals surface area (Å²) in [6, 6.07) is 10.9. The maximum Gasteiger partial charge on any atom is 0.237 e. The molecule has 0 aliphatic carbocycles. The lowest BCUT2D eigenvalue weighted by Gasteiger charge is -2.42. The molecule has 3 rings (SSSR count). The van der Waals surface area contributed by atoms with E-state index in [0.717, 1.165) is 52.0 Å². The minimum Gasteiger partial charge on any atom is -0.354 e. The van der Waals surface area contributed by atoms with Crippen molar-refractivity contribution in [2.24, 2.45) is 0 Å². The van der Waals surface area contributed by atoms with Crippen LogP contribution in [0.4, 0.5) is 0 Å². The Labute approximate surface area is 152 Å². The third kappa shape index (κ3) is 4.24. The van der Waals surface area contributed by atoms with E-state index in [1.165, 1.54) is 18.4 Å². The first-order valence-corrected chi connectivity index (χ1v) is 9.90. The zero-order chi connectivity index (χ0) is 17.7. The second kappa shape index (κ2) is 8.33. The Bertz CT molecular complexity index is 552. The van der Waals surface area contributed by atoms with Crippen LogP contribution in [0.5, 0.6) is 0 Å². The topological polar surface area (TPSA) is 35.6 Å². The van der Waals surface area contributed by atoms with Crippen LogP contribution in [0.15, 0.2) is 30.3 Å². The Morgan fingerprint density at radius 3 is 2.56 bits per heavy atom. The maximum atomic E-state index is 12.9. The summed E-state index contributed by atoms with van der Waals surface area (Å²) >= 11 is 0. The standard InChI is InChI=1S/C21H33N3O/c1-3-24-14-8-7-11-19(24)20(25)22-17-21(12-15-23(2)16-13-21)18-9-5-4-6-10-18/h4-6,9-10,19H,3,7-8,11-17H2,1-2H3,(H,22,25)/t19-/m0/s1. The number of piperidine rings is 2. The first kappa shape index (κ1) is 18.4. The van der Waals surface area contributed by atoms with Crippen molar-refractivity contribution in [2.75, 3.05) is 39.8 Å². The van der Waals surface area contributed by atoms with Crippen LogP contribution < -0.4 is 5.32 Å². The van der Waals surface area contributed by atoms with Crippen LogP contribution in [0.2, 0.25) is 0 Å². The molecule has 2 saturated heterocycles. The smallest absolute Gasteiger partial charge is 0.237 e. The highest BCUT2D eigenvalue weighted by molar-refractivity contribution is 5.82. The average Bonchev–Trinajstić information content (AvgIpc) is 2.68. The van der Waals surface area contributed by atoms with E-state index in [-0.39, 0.29) is 17.4 Å². The van der Waals surface area contributed by atoms with Crippen LogP contribution in [-0.4, -0.2) is 61.5 Å². The van der Waals surface area contributed by atoms with Crippen LogP contribution in [0.1, 0.15) is 44.6 Å². The second-order valence-electron chi connectivity index (χ2n) is 7.81. The lowest BCUT2D eigenvalue weighted by molar-refractivity contribution is -0.128. The molecule has 0 saturated carbocycles. The molecule has 4 nitrogen and oxygen atoms in total. The monoisotopic (exact) mass is 343 g/mol. The molecule has 4 heteroatoms. The van der Waals surface area contributed by atoms with Gasteiger partial charge in [0.25, 0.3) is 0 Å². The predicted octanol–water partition coefficient (Wildman–Crippen LogP) is 2.64. The quantitative estimate of drug-likeness (QED) is 0.893.